The highest BCUT2D eigenvalue weighted by Crippen LogP contribution is 2.21. The van der Waals surface area contributed by atoms with Crippen molar-refractivity contribution in [1.29, 1.82) is 0 Å². The number of fused-ring (bicyclic) bond motifs is 1. The van der Waals surface area contributed by atoms with Crippen LogP contribution in [0.1, 0.15) is 10.6 Å². The maximum atomic E-state index is 5.25. The molecule has 0 aliphatic heterocycles. The third kappa shape index (κ3) is 3.60. The Morgan fingerprint density at radius 2 is 2.00 bits per heavy atom. The molecule has 0 unspecified atom stereocenters. The van der Waals surface area contributed by atoms with Gasteiger partial charge in [0.2, 0.25) is 0 Å². The Labute approximate surface area is 128 Å². The van der Waals surface area contributed by atoms with Crippen molar-refractivity contribution in [2.24, 2.45) is 0 Å². The lowest BCUT2D eigenvalue weighted by molar-refractivity contribution is 0.415. The molecule has 3 aromatic rings. The summed E-state index contributed by atoms with van der Waals surface area (Å²) in [4.78, 5) is 4.28. The topological polar surface area (TPSA) is 34.1 Å². The molecule has 0 saturated heterocycles. The van der Waals surface area contributed by atoms with Crippen LogP contribution in [0.25, 0.3) is 10.8 Å². The van der Waals surface area contributed by atoms with Crippen molar-refractivity contribution >= 4 is 22.1 Å². The fraction of sp³-hybridized carbons (Fsp3) is 0.235. The molecule has 3 rings (SSSR count). The Kier molecular flexibility index (Phi) is 4.48. The lowest BCUT2D eigenvalue weighted by Gasteiger charge is -2.07. The number of methoxy groups -OCH3 is 1. The molecule has 0 amide bonds. The zero-order valence-electron chi connectivity index (χ0n) is 12.0. The Hall–Kier alpha value is -1.91. The van der Waals surface area contributed by atoms with Gasteiger partial charge in [0, 0.05) is 31.1 Å². The molecule has 0 aliphatic rings. The predicted molar refractivity (Wildman–Crippen MR) is 88.0 cm³/mol. The lowest BCUT2D eigenvalue weighted by atomic mass is 10.1. The van der Waals surface area contributed by atoms with Gasteiger partial charge in [0.05, 0.1) is 12.1 Å². The summed E-state index contributed by atoms with van der Waals surface area (Å²) in [6.45, 7) is 1.83. The summed E-state index contributed by atoms with van der Waals surface area (Å²) in [6, 6.07) is 12.7. The van der Waals surface area contributed by atoms with Crippen LogP contribution in [0.15, 0.2) is 48.0 Å². The van der Waals surface area contributed by atoms with Crippen LogP contribution < -0.4 is 10.1 Å². The van der Waals surface area contributed by atoms with Crippen molar-refractivity contribution in [2.75, 3.05) is 13.7 Å². The molecule has 0 spiro atoms. The molecule has 0 bridgehead atoms. The minimum Gasteiger partial charge on any atom is -0.497 e. The molecule has 3 nitrogen and oxygen atoms in total. The van der Waals surface area contributed by atoms with Gasteiger partial charge in [0.1, 0.15) is 5.75 Å². The van der Waals surface area contributed by atoms with Crippen molar-refractivity contribution in [3.63, 3.8) is 0 Å². The van der Waals surface area contributed by atoms with Gasteiger partial charge in [-0.15, -0.1) is 11.3 Å². The second kappa shape index (κ2) is 6.70. The molecule has 0 fully saturated rings. The monoisotopic (exact) mass is 298 g/mol. The van der Waals surface area contributed by atoms with E-state index in [-0.39, 0.29) is 0 Å². The van der Waals surface area contributed by atoms with Crippen LogP contribution in [0.3, 0.4) is 0 Å². The van der Waals surface area contributed by atoms with Crippen LogP contribution >= 0.6 is 11.3 Å². The minimum atomic E-state index is 0.882. The molecule has 1 aromatic heterocycles. The Balaban J connectivity index is 1.59. The third-order valence-corrected chi connectivity index (χ3v) is 4.28. The standard InChI is InChI=1S/C17H18N2OS/c1-20-16-5-4-14-10-13(2-3-15(14)11-16)12-18-7-6-17-19-8-9-21-17/h2-5,8-11,18H,6-7,12H2,1H3. The molecule has 1 N–H and O–H groups in total. The molecule has 4 heteroatoms. The number of hydrogen-bond donors (Lipinski definition) is 1. The smallest absolute Gasteiger partial charge is 0.119 e. The van der Waals surface area contributed by atoms with Crippen LogP contribution in [-0.2, 0) is 13.0 Å². The first kappa shape index (κ1) is 14.0. The summed E-state index contributed by atoms with van der Waals surface area (Å²) in [5.74, 6) is 0.900. The average Bonchev–Trinajstić information content (AvgIpc) is 3.04. The Morgan fingerprint density at radius 1 is 1.14 bits per heavy atom. The molecule has 0 aliphatic carbocycles. The van der Waals surface area contributed by atoms with Gasteiger partial charge < -0.3 is 10.1 Å². The summed E-state index contributed by atoms with van der Waals surface area (Å²) in [5.41, 5.74) is 1.30. The summed E-state index contributed by atoms with van der Waals surface area (Å²) in [6.07, 6.45) is 2.85. The maximum absolute atomic E-state index is 5.25. The number of nitrogens with one attached hydrogen (secondary N) is 1. The van der Waals surface area contributed by atoms with Crippen molar-refractivity contribution in [1.82, 2.24) is 10.3 Å². The van der Waals surface area contributed by atoms with Gasteiger partial charge in [-0.3, -0.25) is 0 Å². The molecule has 1 heterocycles. The fourth-order valence-corrected chi connectivity index (χ4v) is 2.94. The van der Waals surface area contributed by atoms with Crippen LogP contribution in [0.4, 0.5) is 0 Å². The van der Waals surface area contributed by atoms with Crippen molar-refractivity contribution < 1.29 is 4.74 Å². The largest absolute Gasteiger partial charge is 0.497 e. The van der Waals surface area contributed by atoms with E-state index in [0.717, 1.165) is 25.3 Å². The van der Waals surface area contributed by atoms with Gasteiger partial charge in [-0.25, -0.2) is 4.98 Å². The first-order valence-electron chi connectivity index (χ1n) is 7.01. The minimum absolute atomic E-state index is 0.882. The highest BCUT2D eigenvalue weighted by Gasteiger charge is 2.00. The van der Waals surface area contributed by atoms with Gasteiger partial charge in [0.25, 0.3) is 0 Å². The number of benzene rings is 2. The molecule has 108 valence electrons. The van der Waals surface area contributed by atoms with E-state index >= 15 is 0 Å². The highest BCUT2D eigenvalue weighted by molar-refractivity contribution is 7.09. The van der Waals surface area contributed by atoms with Crippen molar-refractivity contribution in [3.8, 4) is 5.75 Å². The van der Waals surface area contributed by atoms with E-state index in [2.05, 4.69) is 40.6 Å². The van der Waals surface area contributed by atoms with Gasteiger partial charge in [-0.1, -0.05) is 18.2 Å². The van der Waals surface area contributed by atoms with E-state index in [0.29, 0.717) is 0 Å². The first-order valence-corrected chi connectivity index (χ1v) is 7.89. The number of ether oxygens (including phenoxy) is 1. The third-order valence-electron chi connectivity index (χ3n) is 3.44. The normalized spacial score (nSPS) is 10.9. The number of thiazole rings is 1. The van der Waals surface area contributed by atoms with Crippen molar-refractivity contribution in [3.05, 3.63) is 58.5 Å². The first-order chi connectivity index (χ1) is 10.3. The molecule has 2 aromatic carbocycles. The van der Waals surface area contributed by atoms with Crippen LogP contribution in [0, 0.1) is 0 Å². The SMILES string of the molecule is COc1ccc2cc(CNCCc3nccs3)ccc2c1. The second-order valence-electron chi connectivity index (χ2n) is 4.90. The number of rotatable bonds is 6. The summed E-state index contributed by atoms with van der Waals surface area (Å²) < 4.78 is 5.25. The molecule has 0 saturated carbocycles. The van der Waals surface area contributed by atoms with E-state index in [9.17, 15) is 0 Å². The van der Waals surface area contributed by atoms with Gasteiger partial charge in [-0.2, -0.15) is 0 Å². The predicted octanol–water partition coefficient (Wildman–Crippen LogP) is 3.64. The Bertz CT molecular complexity index is 710. The second-order valence-corrected chi connectivity index (χ2v) is 5.88. The van der Waals surface area contributed by atoms with E-state index in [1.54, 1.807) is 18.4 Å². The summed E-state index contributed by atoms with van der Waals surface area (Å²) >= 11 is 1.71. The molecule has 0 atom stereocenters. The molecular formula is C17H18N2OS. The Morgan fingerprint density at radius 3 is 2.81 bits per heavy atom. The van der Waals surface area contributed by atoms with Crippen LogP contribution in [-0.4, -0.2) is 18.6 Å². The highest BCUT2D eigenvalue weighted by atomic mass is 32.1. The molecular weight excluding hydrogens is 280 g/mol. The quantitative estimate of drug-likeness (QED) is 0.706. The van der Waals surface area contributed by atoms with Crippen LogP contribution in [0.2, 0.25) is 0 Å². The zero-order valence-corrected chi connectivity index (χ0v) is 12.8. The van der Waals surface area contributed by atoms with Gasteiger partial charge >= 0.3 is 0 Å². The molecule has 0 radical (unpaired) electrons. The number of nitrogens with zero attached hydrogens (tertiary/aromatic N) is 1. The average molecular weight is 298 g/mol. The van der Waals surface area contributed by atoms with E-state index < -0.39 is 0 Å². The lowest BCUT2D eigenvalue weighted by Crippen LogP contribution is -2.16. The maximum Gasteiger partial charge on any atom is 0.119 e. The zero-order chi connectivity index (χ0) is 14.5. The van der Waals surface area contributed by atoms with Crippen molar-refractivity contribution in [2.45, 2.75) is 13.0 Å². The summed E-state index contributed by atoms with van der Waals surface area (Å²) in [5, 5.41) is 9.13. The fourth-order valence-electron chi connectivity index (χ4n) is 2.31. The molecule has 21 heavy (non-hydrogen) atoms. The summed E-state index contributed by atoms with van der Waals surface area (Å²) in [7, 11) is 1.70. The number of hydrogen-bond acceptors (Lipinski definition) is 4. The van der Waals surface area contributed by atoms with E-state index in [1.165, 1.54) is 21.3 Å². The van der Waals surface area contributed by atoms with Gasteiger partial charge in [-0.05, 0) is 34.5 Å². The van der Waals surface area contributed by atoms with E-state index in [1.807, 2.05) is 17.6 Å². The van der Waals surface area contributed by atoms with Crippen LogP contribution in [0.5, 0.6) is 5.75 Å². The van der Waals surface area contributed by atoms with E-state index in [4.69, 9.17) is 4.74 Å². The number of aromatic nitrogens is 1. The van der Waals surface area contributed by atoms with Gasteiger partial charge in [0.15, 0.2) is 0 Å².